The molecule has 4 rings (SSSR count). The van der Waals surface area contributed by atoms with Crippen LogP contribution in [0, 0.1) is 6.92 Å². The molecule has 3 heterocycles. The summed E-state index contributed by atoms with van der Waals surface area (Å²) < 4.78 is 41.3. The van der Waals surface area contributed by atoms with E-state index in [-0.39, 0.29) is 12.1 Å². The Morgan fingerprint density at radius 3 is 2.50 bits per heavy atom. The second-order valence-electron chi connectivity index (χ2n) is 6.31. The van der Waals surface area contributed by atoms with Gasteiger partial charge < -0.3 is 0 Å². The van der Waals surface area contributed by atoms with E-state index in [1.807, 2.05) is 0 Å². The highest BCUT2D eigenvalue weighted by Crippen LogP contribution is 2.29. The van der Waals surface area contributed by atoms with Gasteiger partial charge in [0, 0.05) is 23.3 Å². The molecule has 0 saturated heterocycles. The van der Waals surface area contributed by atoms with E-state index in [0.29, 0.717) is 17.0 Å². The molecule has 0 aliphatic heterocycles. The molecule has 6 nitrogen and oxygen atoms in total. The van der Waals surface area contributed by atoms with Crippen LogP contribution in [0.5, 0.6) is 0 Å². The zero-order valence-electron chi connectivity index (χ0n) is 14.7. The van der Waals surface area contributed by atoms with Gasteiger partial charge in [0.05, 0.1) is 12.2 Å². The Hall–Kier alpha value is -3.49. The van der Waals surface area contributed by atoms with Crippen molar-refractivity contribution in [2.24, 2.45) is 0 Å². The Bertz CT molecular complexity index is 1210. The van der Waals surface area contributed by atoms with Crippen LogP contribution in [0.15, 0.2) is 59.8 Å². The number of alkyl halides is 3. The minimum Gasteiger partial charge on any atom is -0.288 e. The fourth-order valence-corrected chi connectivity index (χ4v) is 2.98. The summed E-state index contributed by atoms with van der Waals surface area (Å²) in [6.45, 7) is 1.84. The van der Waals surface area contributed by atoms with Crippen molar-refractivity contribution in [2.45, 2.75) is 19.6 Å². The zero-order valence-corrected chi connectivity index (χ0v) is 14.7. The van der Waals surface area contributed by atoms with Gasteiger partial charge in [-0.3, -0.25) is 9.36 Å². The van der Waals surface area contributed by atoms with E-state index in [0.717, 1.165) is 17.0 Å². The third kappa shape index (κ3) is 3.26. The highest BCUT2D eigenvalue weighted by molar-refractivity contribution is 5.73. The number of nitrogens with zero attached hydrogens (tertiary/aromatic N) is 5. The summed E-state index contributed by atoms with van der Waals surface area (Å²) in [6, 6.07) is 10.9. The Morgan fingerprint density at radius 1 is 1.07 bits per heavy atom. The first-order valence-electron chi connectivity index (χ1n) is 8.36. The van der Waals surface area contributed by atoms with E-state index >= 15 is 0 Å². The summed E-state index contributed by atoms with van der Waals surface area (Å²) in [7, 11) is 0. The van der Waals surface area contributed by atoms with Gasteiger partial charge in [-0.15, -0.1) is 0 Å². The first-order chi connectivity index (χ1) is 13.3. The molecule has 0 bridgehead atoms. The molecular weight excluding hydrogens is 371 g/mol. The molecule has 0 aliphatic rings. The first-order valence-corrected chi connectivity index (χ1v) is 8.36. The molecule has 0 atom stereocenters. The largest absolute Gasteiger partial charge is 0.435 e. The molecule has 0 fully saturated rings. The number of aromatic nitrogens is 5. The summed E-state index contributed by atoms with van der Waals surface area (Å²) in [4.78, 5) is 20.4. The third-order valence-corrected chi connectivity index (χ3v) is 4.35. The molecule has 0 radical (unpaired) electrons. The molecule has 142 valence electrons. The fourth-order valence-electron chi connectivity index (χ4n) is 2.98. The first kappa shape index (κ1) is 17.9. The minimum absolute atomic E-state index is 0.201. The van der Waals surface area contributed by atoms with Gasteiger partial charge in [0.25, 0.3) is 5.56 Å². The zero-order chi connectivity index (χ0) is 19.9. The lowest BCUT2D eigenvalue weighted by molar-refractivity contribution is -0.141. The molecule has 0 N–H and O–H groups in total. The molecule has 0 saturated carbocycles. The maximum Gasteiger partial charge on any atom is 0.435 e. The van der Waals surface area contributed by atoms with Crippen molar-refractivity contribution >= 4 is 11.0 Å². The van der Waals surface area contributed by atoms with Crippen LogP contribution in [0.25, 0.3) is 16.7 Å². The summed E-state index contributed by atoms with van der Waals surface area (Å²) in [5, 5.41) is 4.38. The molecule has 1 aromatic carbocycles. The van der Waals surface area contributed by atoms with Crippen LogP contribution in [0.4, 0.5) is 13.2 Å². The van der Waals surface area contributed by atoms with Crippen LogP contribution >= 0.6 is 0 Å². The maximum atomic E-state index is 12.9. The number of hydrogen-bond acceptors (Lipinski definition) is 4. The molecular formula is C19H14F3N5O. The predicted octanol–water partition coefficient (Wildman–Crippen LogP) is 3.35. The lowest BCUT2D eigenvalue weighted by Crippen LogP contribution is -2.20. The normalized spacial score (nSPS) is 11.9. The van der Waals surface area contributed by atoms with Crippen molar-refractivity contribution in [3.63, 3.8) is 0 Å². The molecule has 0 amide bonds. The van der Waals surface area contributed by atoms with Gasteiger partial charge in [-0.25, -0.2) is 14.6 Å². The summed E-state index contributed by atoms with van der Waals surface area (Å²) in [5.74, 6) is 0. The van der Waals surface area contributed by atoms with Crippen molar-refractivity contribution in [1.82, 2.24) is 24.3 Å². The van der Waals surface area contributed by atoms with Gasteiger partial charge in [0.2, 0.25) is 0 Å². The van der Waals surface area contributed by atoms with Gasteiger partial charge in [-0.2, -0.15) is 18.3 Å². The third-order valence-electron chi connectivity index (χ3n) is 4.35. The smallest absolute Gasteiger partial charge is 0.288 e. The number of hydrogen-bond donors (Lipinski definition) is 0. The highest BCUT2D eigenvalue weighted by Gasteiger charge is 2.34. The highest BCUT2D eigenvalue weighted by atomic mass is 19.4. The van der Waals surface area contributed by atoms with Crippen molar-refractivity contribution in [3.8, 4) is 5.69 Å². The van der Waals surface area contributed by atoms with Crippen LogP contribution in [0.3, 0.4) is 0 Å². The number of benzene rings is 1. The topological polar surface area (TPSA) is 65.6 Å². The van der Waals surface area contributed by atoms with Gasteiger partial charge >= 0.3 is 6.18 Å². The molecule has 3 aromatic heterocycles. The van der Waals surface area contributed by atoms with E-state index in [1.54, 1.807) is 43.5 Å². The monoisotopic (exact) mass is 385 g/mol. The van der Waals surface area contributed by atoms with Crippen LogP contribution in [-0.4, -0.2) is 24.3 Å². The summed E-state index contributed by atoms with van der Waals surface area (Å²) in [5.41, 5.74) is 1.07. The average Bonchev–Trinajstić information content (AvgIpc) is 3.07. The Morgan fingerprint density at radius 2 is 1.82 bits per heavy atom. The number of aryl methyl sites for hydroxylation is 1. The van der Waals surface area contributed by atoms with Crippen LogP contribution in [-0.2, 0) is 12.7 Å². The summed E-state index contributed by atoms with van der Waals surface area (Å²) >= 11 is 0. The van der Waals surface area contributed by atoms with Crippen LogP contribution in [0.1, 0.15) is 17.0 Å². The van der Waals surface area contributed by atoms with Crippen molar-refractivity contribution in [3.05, 3.63) is 82.3 Å². The summed E-state index contributed by atoms with van der Waals surface area (Å²) in [6.07, 6.45) is -1.49. The second-order valence-corrected chi connectivity index (χ2v) is 6.31. The quantitative estimate of drug-likeness (QED) is 0.543. The Balaban J connectivity index is 1.66. The number of halogens is 3. The molecule has 0 aliphatic carbocycles. The number of fused-ring (bicyclic) bond motifs is 1. The Labute approximate surface area is 156 Å². The lowest BCUT2D eigenvalue weighted by Gasteiger charge is -2.10. The SMILES string of the molecule is Cc1cc(C(F)(F)F)nn1-c1ccc(Cn2c(=O)ccc3cncnc32)cc1. The van der Waals surface area contributed by atoms with Gasteiger partial charge in [-0.1, -0.05) is 12.1 Å². The van der Waals surface area contributed by atoms with E-state index in [9.17, 15) is 18.0 Å². The predicted molar refractivity (Wildman–Crippen MR) is 96.2 cm³/mol. The van der Waals surface area contributed by atoms with Gasteiger partial charge in [0.1, 0.15) is 12.0 Å². The molecule has 28 heavy (non-hydrogen) atoms. The van der Waals surface area contributed by atoms with Crippen molar-refractivity contribution in [1.29, 1.82) is 0 Å². The van der Waals surface area contributed by atoms with E-state index in [4.69, 9.17) is 0 Å². The van der Waals surface area contributed by atoms with Crippen LogP contribution in [0.2, 0.25) is 0 Å². The standard InChI is InChI=1S/C19H14F3N5O/c1-12-8-16(19(20,21)22)25-27(12)15-5-2-13(3-6-15)10-26-17(28)7-4-14-9-23-11-24-18(14)26/h2-9,11H,10H2,1H3. The fraction of sp³-hybridized carbons (Fsp3) is 0.158. The van der Waals surface area contributed by atoms with Crippen molar-refractivity contribution in [2.75, 3.05) is 0 Å². The second kappa shape index (κ2) is 6.59. The molecule has 0 spiro atoms. The van der Waals surface area contributed by atoms with Gasteiger partial charge in [-0.05, 0) is 36.8 Å². The van der Waals surface area contributed by atoms with Crippen molar-refractivity contribution < 1.29 is 13.2 Å². The molecule has 9 heteroatoms. The van der Waals surface area contributed by atoms with E-state index in [2.05, 4.69) is 15.1 Å². The van der Waals surface area contributed by atoms with E-state index in [1.165, 1.54) is 21.6 Å². The number of pyridine rings is 1. The number of rotatable bonds is 3. The maximum absolute atomic E-state index is 12.9. The van der Waals surface area contributed by atoms with E-state index < -0.39 is 11.9 Å². The van der Waals surface area contributed by atoms with Gasteiger partial charge in [0.15, 0.2) is 5.69 Å². The average molecular weight is 385 g/mol. The minimum atomic E-state index is -4.49. The Kier molecular flexibility index (Phi) is 4.21. The van der Waals surface area contributed by atoms with Crippen LogP contribution < -0.4 is 5.56 Å². The molecule has 4 aromatic rings. The lowest BCUT2D eigenvalue weighted by atomic mass is 10.2. The molecule has 0 unspecified atom stereocenters.